The first-order valence-electron chi connectivity index (χ1n) is 6.16. The summed E-state index contributed by atoms with van der Waals surface area (Å²) >= 11 is 0. The Labute approximate surface area is 115 Å². The minimum Gasteiger partial charge on any atom is -0.421 e. The number of hydrogen-bond donors (Lipinski definition) is 1. The van der Waals surface area contributed by atoms with Crippen molar-refractivity contribution in [1.29, 1.82) is 0 Å². The van der Waals surface area contributed by atoms with Crippen LogP contribution in [0.5, 0.6) is 5.75 Å². The number of ether oxygens (including phenoxy) is 1. The number of rotatable bonds is 2. The van der Waals surface area contributed by atoms with Crippen molar-refractivity contribution in [2.24, 2.45) is 0 Å². The Kier molecular flexibility index (Phi) is 3.05. The molecule has 0 fully saturated rings. The van der Waals surface area contributed by atoms with Crippen molar-refractivity contribution in [3.63, 3.8) is 0 Å². The molecule has 0 saturated heterocycles. The number of nitrogen functional groups attached to an aromatic ring is 1. The van der Waals surface area contributed by atoms with Crippen LogP contribution < -0.4 is 10.5 Å². The molecule has 0 aliphatic heterocycles. The first-order chi connectivity index (χ1) is 9.75. The zero-order valence-corrected chi connectivity index (χ0v) is 10.6. The molecule has 3 rings (SSSR count). The van der Waals surface area contributed by atoms with Crippen LogP contribution >= 0.6 is 0 Å². The van der Waals surface area contributed by atoms with Gasteiger partial charge in [-0.3, -0.25) is 4.98 Å². The molecule has 3 aromatic rings. The second kappa shape index (κ2) is 5.01. The van der Waals surface area contributed by atoms with Gasteiger partial charge in [-0.2, -0.15) is 0 Å². The highest BCUT2D eigenvalue weighted by molar-refractivity contribution is 5.98. The molecule has 1 aromatic heterocycles. The Morgan fingerprint density at radius 2 is 1.80 bits per heavy atom. The highest BCUT2D eigenvalue weighted by atomic mass is 16.5. The number of fused-ring (bicyclic) bond motifs is 1. The number of carbonyl (C=O) groups is 1. The maximum absolute atomic E-state index is 12.1. The largest absolute Gasteiger partial charge is 0.421 e. The van der Waals surface area contributed by atoms with E-state index in [1.807, 2.05) is 24.3 Å². The van der Waals surface area contributed by atoms with E-state index in [9.17, 15) is 4.79 Å². The molecule has 0 amide bonds. The van der Waals surface area contributed by atoms with Crippen molar-refractivity contribution < 1.29 is 9.53 Å². The molecule has 4 nitrogen and oxygen atoms in total. The number of carbonyl (C=O) groups excluding carboxylic acids is 1. The van der Waals surface area contributed by atoms with E-state index in [-0.39, 0.29) is 0 Å². The van der Waals surface area contributed by atoms with Gasteiger partial charge in [0.2, 0.25) is 0 Å². The molecular weight excluding hydrogens is 252 g/mol. The quantitative estimate of drug-likeness (QED) is 0.439. The van der Waals surface area contributed by atoms with Gasteiger partial charge in [0.25, 0.3) is 0 Å². The lowest BCUT2D eigenvalue weighted by Crippen LogP contribution is -2.11. The Balaban J connectivity index is 1.98. The van der Waals surface area contributed by atoms with Crippen LogP contribution in [0.15, 0.2) is 60.8 Å². The highest BCUT2D eigenvalue weighted by Crippen LogP contribution is 2.24. The fourth-order valence-corrected chi connectivity index (χ4v) is 2.00. The lowest BCUT2D eigenvalue weighted by atomic mass is 10.2. The number of aromatic nitrogens is 1. The zero-order chi connectivity index (χ0) is 13.9. The third-order valence-corrected chi connectivity index (χ3v) is 2.98. The molecule has 0 saturated carbocycles. The van der Waals surface area contributed by atoms with Gasteiger partial charge in [0.15, 0.2) is 5.75 Å². The van der Waals surface area contributed by atoms with Crippen LogP contribution in [0, 0.1) is 0 Å². The van der Waals surface area contributed by atoms with Crippen LogP contribution in [0.4, 0.5) is 5.69 Å². The fourth-order valence-electron chi connectivity index (χ4n) is 2.00. The number of pyridine rings is 1. The summed E-state index contributed by atoms with van der Waals surface area (Å²) in [6.45, 7) is 0. The summed E-state index contributed by atoms with van der Waals surface area (Å²) in [6, 6.07) is 16.0. The first kappa shape index (κ1) is 12.2. The third kappa shape index (κ3) is 2.19. The normalized spacial score (nSPS) is 10.4. The van der Waals surface area contributed by atoms with E-state index in [1.54, 1.807) is 36.5 Å². The Morgan fingerprint density at radius 1 is 1.00 bits per heavy atom. The molecule has 1 heterocycles. The van der Waals surface area contributed by atoms with Gasteiger partial charge in [-0.15, -0.1) is 0 Å². The van der Waals surface area contributed by atoms with Crippen LogP contribution in [0.2, 0.25) is 0 Å². The van der Waals surface area contributed by atoms with Gasteiger partial charge in [-0.25, -0.2) is 4.79 Å². The molecule has 0 aliphatic carbocycles. The van der Waals surface area contributed by atoms with Crippen LogP contribution in [0.25, 0.3) is 10.9 Å². The smallest absolute Gasteiger partial charge is 0.345 e. The van der Waals surface area contributed by atoms with Crippen molar-refractivity contribution in [3.05, 3.63) is 66.4 Å². The summed E-state index contributed by atoms with van der Waals surface area (Å²) in [6.07, 6.45) is 1.66. The average molecular weight is 264 g/mol. The molecule has 4 heteroatoms. The van der Waals surface area contributed by atoms with Crippen LogP contribution in [0.1, 0.15) is 10.4 Å². The number of para-hydroxylation sites is 2. The van der Waals surface area contributed by atoms with E-state index >= 15 is 0 Å². The molecular formula is C16H12N2O2. The van der Waals surface area contributed by atoms with Gasteiger partial charge >= 0.3 is 5.97 Å². The van der Waals surface area contributed by atoms with Crippen LogP contribution in [-0.4, -0.2) is 11.0 Å². The third-order valence-electron chi connectivity index (χ3n) is 2.98. The van der Waals surface area contributed by atoms with E-state index in [0.717, 1.165) is 5.39 Å². The topological polar surface area (TPSA) is 65.2 Å². The number of hydrogen-bond acceptors (Lipinski definition) is 4. The second-order valence-corrected chi connectivity index (χ2v) is 4.31. The Bertz CT molecular complexity index is 779. The lowest BCUT2D eigenvalue weighted by Gasteiger charge is -2.08. The number of nitrogens with zero attached hydrogens (tertiary/aromatic N) is 1. The lowest BCUT2D eigenvalue weighted by molar-refractivity contribution is 0.0738. The number of esters is 1. The minimum absolute atomic E-state index is 0.348. The van der Waals surface area contributed by atoms with E-state index < -0.39 is 5.97 Å². The van der Waals surface area contributed by atoms with E-state index in [4.69, 9.17) is 10.5 Å². The van der Waals surface area contributed by atoms with Crippen LogP contribution in [0.3, 0.4) is 0 Å². The highest BCUT2D eigenvalue weighted by Gasteiger charge is 2.13. The molecule has 20 heavy (non-hydrogen) atoms. The summed E-state index contributed by atoms with van der Waals surface area (Å²) < 4.78 is 5.41. The average Bonchev–Trinajstić information content (AvgIpc) is 2.48. The molecule has 0 atom stereocenters. The van der Waals surface area contributed by atoms with Gasteiger partial charge in [0.05, 0.1) is 5.56 Å². The Hall–Kier alpha value is -2.88. The zero-order valence-electron chi connectivity index (χ0n) is 10.6. The van der Waals surface area contributed by atoms with Gasteiger partial charge < -0.3 is 10.5 Å². The molecule has 0 spiro atoms. The van der Waals surface area contributed by atoms with Crippen LogP contribution in [-0.2, 0) is 0 Å². The summed E-state index contributed by atoms with van der Waals surface area (Å²) in [5.74, 6) is -0.0578. The SMILES string of the molecule is Nc1ccccc1C(=O)Oc1cccc2cccnc12. The van der Waals surface area contributed by atoms with Crippen molar-refractivity contribution in [3.8, 4) is 5.75 Å². The summed E-state index contributed by atoms with van der Waals surface area (Å²) in [4.78, 5) is 16.4. The van der Waals surface area contributed by atoms with Gasteiger partial charge in [0.1, 0.15) is 5.52 Å². The van der Waals surface area contributed by atoms with Crippen molar-refractivity contribution in [2.45, 2.75) is 0 Å². The minimum atomic E-state index is -0.485. The standard InChI is InChI=1S/C16H12N2O2/c17-13-8-2-1-7-12(13)16(19)20-14-9-3-5-11-6-4-10-18-15(11)14/h1-10H,17H2. The first-order valence-corrected chi connectivity index (χ1v) is 6.16. The molecule has 0 aliphatic rings. The molecule has 0 bridgehead atoms. The van der Waals surface area contributed by atoms with Gasteiger partial charge in [-0.1, -0.05) is 30.3 Å². The number of nitrogens with two attached hydrogens (primary N) is 1. The fraction of sp³-hybridized carbons (Fsp3) is 0. The summed E-state index contributed by atoms with van der Waals surface area (Å²) in [7, 11) is 0. The molecule has 2 N–H and O–H groups in total. The van der Waals surface area contributed by atoms with Crippen molar-refractivity contribution in [2.75, 3.05) is 5.73 Å². The number of anilines is 1. The maximum Gasteiger partial charge on any atom is 0.345 e. The van der Waals surface area contributed by atoms with Crippen molar-refractivity contribution >= 4 is 22.6 Å². The maximum atomic E-state index is 12.1. The predicted octanol–water partition coefficient (Wildman–Crippen LogP) is 3.04. The molecule has 98 valence electrons. The van der Waals surface area contributed by atoms with Crippen molar-refractivity contribution in [1.82, 2.24) is 4.98 Å². The van der Waals surface area contributed by atoms with E-state index in [0.29, 0.717) is 22.5 Å². The predicted molar refractivity (Wildman–Crippen MR) is 77.6 cm³/mol. The van der Waals surface area contributed by atoms with E-state index in [2.05, 4.69) is 4.98 Å². The number of benzene rings is 2. The Morgan fingerprint density at radius 3 is 2.65 bits per heavy atom. The molecule has 0 unspecified atom stereocenters. The van der Waals surface area contributed by atoms with Gasteiger partial charge in [0, 0.05) is 17.3 Å². The summed E-state index contributed by atoms with van der Waals surface area (Å²) in [5, 5.41) is 0.916. The monoisotopic (exact) mass is 264 g/mol. The summed E-state index contributed by atoms with van der Waals surface area (Å²) in [5.41, 5.74) is 7.16. The second-order valence-electron chi connectivity index (χ2n) is 4.31. The van der Waals surface area contributed by atoms with E-state index in [1.165, 1.54) is 0 Å². The molecule has 0 radical (unpaired) electrons. The molecule has 2 aromatic carbocycles. The van der Waals surface area contributed by atoms with Gasteiger partial charge in [-0.05, 0) is 24.3 Å².